The molecule has 2 unspecified atom stereocenters. The molecule has 0 saturated carbocycles. The number of rotatable bonds is 0. The molecule has 0 saturated heterocycles. The summed E-state index contributed by atoms with van der Waals surface area (Å²) in [6.07, 6.45) is 5.70. The van der Waals surface area contributed by atoms with Crippen LogP contribution in [0, 0.1) is 5.92 Å². The van der Waals surface area contributed by atoms with Crippen LogP contribution in [-0.4, -0.2) is 13.7 Å². The highest BCUT2D eigenvalue weighted by atomic mass is 32.2. The zero-order chi connectivity index (χ0) is 9.64. The van der Waals surface area contributed by atoms with E-state index in [4.69, 9.17) is 0 Å². The van der Waals surface area contributed by atoms with Crippen molar-refractivity contribution in [2.75, 3.05) is 0 Å². The molecule has 2 rings (SSSR count). The summed E-state index contributed by atoms with van der Waals surface area (Å²) in [6, 6.07) is 0. The summed E-state index contributed by atoms with van der Waals surface area (Å²) in [7, 11) is -3.01. The Morgan fingerprint density at radius 2 is 2.00 bits per heavy atom. The van der Waals surface area contributed by atoms with Crippen LogP contribution in [0.25, 0.3) is 0 Å². The molecule has 2 atom stereocenters. The van der Waals surface area contributed by atoms with E-state index < -0.39 is 9.84 Å². The SMILES string of the molecule is CC1=CC2C(C)=CS(=O)(=O)C2C=C1. The molecule has 0 aromatic heterocycles. The molecule has 1 heterocycles. The number of fused-ring (bicyclic) bond motifs is 1. The first-order valence-corrected chi connectivity index (χ1v) is 5.90. The second-order valence-electron chi connectivity index (χ2n) is 3.71. The van der Waals surface area contributed by atoms with Crippen LogP contribution in [0.2, 0.25) is 0 Å². The van der Waals surface area contributed by atoms with Crippen molar-refractivity contribution in [3.8, 4) is 0 Å². The van der Waals surface area contributed by atoms with Crippen LogP contribution in [0.15, 0.2) is 34.8 Å². The first-order valence-electron chi connectivity index (χ1n) is 4.29. The van der Waals surface area contributed by atoms with E-state index in [1.165, 1.54) is 5.41 Å². The van der Waals surface area contributed by atoms with Gasteiger partial charge in [-0.1, -0.05) is 29.4 Å². The molecule has 0 fully saturated rings. The Labute approximate surface area is 78.6 Å². The zero-order valence-electron chi connectivity index (χ0n) is 7.69. The van der Waals surface area contributed by atoms with Gasteiger partial charge < -0.3 is 0 Å². The van der Waals surface area contributed by atoms with Gasteiger partial charge in [0.1, 0.15) is 0 Å². The van der Waals surface area contributed by atoms with E-state index in [0.29, 0.717) is 0 Å². The number of allylic oxidation sites excluding steroid dienone is 4. The molecular weight excluding hydrogens is 184 g/mol. The van der Waals surface area contributed by atoms with E-state index in [2.05, 4.69) is 0 Å². The van der Waals surface area contributed by atoms with E-state index in [1.807, 2.05) is 26.0 Å². The normalized spacial score (nSPS) is 35.2. The van der Waals surface area contributed by atoms with Crippen LogP contribution in [0.3, 0.4) is 0 Å². The Morgan fingerprint density at radius 1 is 1.31 bits per heavy atom. The standard InChI is InChI=1S/C10H12O2S/c1-7-3-4-10-9(5-7)8(2)6-13(10,11)12/h3-6,9-10H,1-2H3. The smallest absolute Gasteiger partial charge is 0.178 e. The first-order chi connectivity index (χ1) is 6.00. The molecule has 0 amide bonds. The van der Waals surface area contributed by atoms with Gasteiger partial charge in [-0.25, -0.2) is 8.42 Å². The second kappa shape index (κ2) is 2.58. The van der Waals surface area contributed by atoms with Crippen molar-refractivity contribution in [3.05, 3.63) is 34.8 Å². The van der Waals surface area contributed by atoms with Gasteiger partial charge in [-0.05, 0) is 13.8 Å². The second-order valence-corrected chi connectivity index (χ2v) is 5.67. The van der Waals surface area contributed by atoms with Crippen LogP contribution in [0.5, 0.6) is 0 Å². The quantitative estimate of drug-likeness (QED) is 0.592. The molecule has 0 spiro atoms. The van der Waals surface area contributed by atoms with Crippen LogP contribution in [0.4, 0.5) is 0 Å². The zero-order valence-corrected chi connectivity index (χ0v) is 8.51. The number of sulfone groups is 1. The molecule has 13 heavy (non-hydrogen) atoms. The fourth-order valence-corrected chi connectivity index (χ4v) is 3.75. The number of hydrogen-bond acceptors (Lipinski definition) is 2. The summed E-state index contributed by atoms with van der Waals surface area (Å²) in [6.45, 7) is 3.87. The van der Waals surface area contributed by atoms with Gasteiger partial charge in [-0.2, -0.15) is 0 Å². The Morgan fingerprint density at radius 3 is 2.69 bits per heavy atom. The van der Waals surface area contributed by atoms with Crippen molar-refractivity contribution in [2.24, 2.45) is 5.92 Å². The molecule has 0 aromatic carbocycles. The van der Waals surface area contributed by atoms with E-state index in [0.717, 1.165) is 11.1 Å². The maximum atomic E-state index is 11.6. The van der Waals surface area contributed by atoms with Crippen molar-refractivity contribution in [2.45, 2.75) is 19.1 Å². The Bertz CT molecular complexity index is 424. The largest absolute Gasteiger partial charge is 0.224 e. The monoisotopic (exact) mass is 196 g/mol. The first kappa shape index (κ1) is 8.75. The van der Waals surface area contributed by atoms with Crippen LogP contribution in [-0.2, 0) is 9.84 Å². The van der Waals surface area contributed by atoms with Crippen molar-refractivity contribution < 1.29 is 8.42 Å². The minimum absolute atomic E-state index is 0.0787. The molecule has 0 aromatic rings. The summed E-state index contributed by atoms with van der Waals surface area (Å²) in [4.78, 5) is 0. The molecule has 1 aliphatic heterocycles. The van der Waals surface area contributed by atoms with Gasteiger partial charge in [0.05, 0.1) is 5.25 Å². The summed E-state index contributed by atoms with van der Waals surface area (Å²) in [5.74, 6) is 0.0787. The lowest BCUT2D eigenvalue weighted by Gasteiger charge is -2.18. The predicted octanol–water partition coefficient (Wildman–Crippen LogP) is 1.82. The lowest BCUT2D eigenvalue weighted by Crippen LogP contribution is -2.21. The van der Waals surface area contributed by atoms with Gasteiger partial charge in [-0.3, -0.25) is 0 Å². The molecule has 0 radical (unpaired) electrons. The maximum absolute atomic E-state index is 11.6. The fourth-order valence-electron chi connectivity index (χ4n) is 1.92. The predicted molar refractivity (Wildman–Crippen MR) is 52.9 cm³/mol. The average Bonchev–Trinajstić information content (AvgIpc) is 2.22. The van der Waals surface area contributed by atoms with Crippen molar-refractivity contribution in [3.63, 3.8) is 0 Å². The van der Waals surface area contributed by atoms with Gasteiger partial charge >= 0.3 is 0 Å². The molecule has 2 nitrogen and oxygen atoms in total. The lowest BCUT2D eigenvalue weighted by molar-refractivity contribution is 0.592. The molecule has 0 bridgehead atoms. The third-order valence-corrected chi connectivity index (χ3v) is 4.51. The van der Waals surface area contributed by atoms with Gasteiger partial charge in [0.2, 0.25) is 0 Å². The van der Waals surface area contributed by atoms with Crippen molar-refractivity contribution in [1.82, 2.24) is 0 Å². The van der Waals surface area contributed by atoms with Gasteiger partial charge in [-0.15, -0.1) is 0 Å². The van der Waals surface area contributed by atoms with Gasteiger partial charge in [0.15, 0.2) is 9.84 Å². The summed E-state index contributed by atoms with van der Waals surface area (Å²) >= 11 is 0. The minimum atomic E-state index is -3.01. The number of hydrogen-bond donors (Lipinski definition) is 0. The maximum Gasteiger partial charge on any atom is 0.178 e. The fraction of sp³-hybridized carbons (Fsp3) is 0.400. The molecule has 70 valence electrons. The van der Waals surface area contributed by atoms with Crippen LogP contribution >= 0.6 is 0 Å². The van der Waals surface area contributed by atoms with E-state index in [1.54, 1.807) is 6.08 Å². The highest BCUT2D eigenvalue weighted by molar-refractivity contribution is 7.95. The summed E-state index contributed by atoms with van der Waals surface area (Å²) in [5.41, 5.74) is 2.10. The molecule has 3 heteroatoms. The third kappa shape index (κ3) is 1.27. The Balaban J connectivity index is 2.51. The minimum Gasteiger partial charge on any atom is -0.224 e. The Kier molecular flexibility index (Phi) is 1.74. The van der Waals surface area contributed by atoms with E-state index in [9.17, 15) is 8.42 Å². The Hall–Kier alpha value is -0.830. The third-order valence-electron chi connectivity index (χ3n) is 2.60. The van der Waals surface area contributed by atoms with E-state index in [-0.39, 0.29) is 11.2 Å². The average molecular weight is 196 g/mol. The van der Waals surface area contributed by atoms with Gasteiger partial charge in [0.25, 0.3) is 0 Å². The van der Waals surface area contributed by atoms with Crippen molar-refractivity contribution in [1.29, 1.82) is 0 Å². The topological polar surface area (TPSA) is 34.1 Å². The molecule has 0 N–H and O–H groups in total. The van der Waals surface area contributed by atoms with E-state index >= 15 is 0 Å². The highest BCUT2D eigenvalue weighted by Gasteiger charge is 2.37. The molecular formula is C10H12O2S. The van der Waals surface area contributed by atoms with Crippen LogP contribution < -0.4 is 0 Å². The van der Waals surface area contributed by atoms with Crippen molar-refractivity contribution >= 4 is 9.84 Å². The molecule has 2 aliphatic rings. The summed E-state index contributed by atoms with van der Waals surface area (Å²) in [5, 5.41) is 1.07. The lowest BCUT2D eigenvalue weighted by atomic mass is 9.91. The summed E-state index contributed by atoms with van der Waals surface area (Å²) < 4.78 is 23.1. The van der Waals surface area contributed by atoms with Crippen LogP contribution in [0.1, 0.15) is 13.8 Å². The highest BCUT2D eigenvalue weighted by Crippen LogP contribution is 2.35. The van der Waals surface area contributed by atoms with Gasteiger partial charge in [0, 0.05) is 11.3 Å². The molecule has 1 aliphatic carbocycles.